The first-order valence-electron chi connectivity index (χ1n) is 10.6. The summed E-state index contributed by atoms with van der Waals surface area (Å²) < 4.78 is 46.6. The zero-order chi connectivity index (χ0) is 22.0. The molecule has 0 aromatic heterocycles. The van der Waals surface area contributed by atoms with Crippen LogP contribution in [0, 0.1) is 0 Å². The second-order valence-electron chi connectivity index (χ2n) is 9.27. The van der Waals surface area contributed by atoms with Gasteiger partial charge in [0.05, 0.1) is 14.2 Å². The quantitative estimate of drug-likeness (QED) is 0.417. The number of hydrogen-bond donors (Lipinski definition) is 0. The van der Waals surface area contributed by atoms with Gasteiger partial charge in [-0.05, 0) is 28.6 Å². The van der Waals surface area contributed by atoms with Gasteiger partial charge < -0.3 is 4.74 Å². The fourth-order valence-electron chi connectivity index (χ4n) is 5.71. The fraction of sp³-hybridized carbons (Fsp3) is 0.652. The Kier molecular flexibility index (Phi) is 7.79. The van der Waals surface area contributed by atoms with Crippen LogP contribution in [0.3, 0.4) is 0 Å². The van der Waals surface area contributed by atoms with Gasteiger partial charge in [0.1, 0.15) is 0 Å². The molecule has 0 spiro atoms. The van der Waals surface area contributed by atoms with E-state index in [2.05, 4.69) is 48.1 Å². The molecular formula is C23H36F3NOSi. The molecule has 164 valence electrons. The third kappa shape index (κ3) is 5.15. The van der Waals surface area contributed by atoms with Crippen LogP contribution < -0.4 is 0 Å². The normalized spacial score (nSPS) is 21.5. The van der Waals surface area contributed by atoms with Gasteiger partial charge >= 0.3 is 6.18 Å². The summed E-state index contributed by atoms with van der Waals surface area (Å²) in [5.41, 5.74) is 2.31. The number of ether oxygens (including phenoxy) is 1. The lowest BCUT2D eigenvalue weighted by molar-refractivity contribution is -0.247. The molecule has 2 rings (SSSR count). The number of halogens is 3. The van der Waals surface area contributed by atoms with Crippen molar-refractivity contribution in [3.05, 3.63) is 47.7 Å². The van der Waals surface area contributed by atoms with E-state index in [0.29, 0.717) is 23.0 Å². The second-order valence-corrected chi connectivity index (χ2v) is 15.3. The largest absolute Gasteiger partial charge is 0.428 e. The Morgan fingerprint density at radius 2 is 1.59 bits per heavy atom. The summed E-state index contributed by atoms with van der Waals surface area (Å²) in [4.78, 5) is 1.41. The average Bonchev–Trinajstić information content (AvgIpc) is 2.97. The molecule has 1 aromatic rings. The van der Waals surface area contributed by atoms with Gasteiger partial charge in [-0.1, -0.05) is 77.1 Å². The van der Waals surface area contributed by atoms with Crippen LogP contribution in [0.1, 0.15) is 53.5 Å². The van der Waals surface area contributed by atoms with Crippen LogP contribution in [0.5, 0.6) is 0 Å². The van der Waals surface area contributed by atoms with Crippen molar-refractivity contribution >= 4 is 8.07 Å². The molecule has 1 saturated heterocycles. The highest BCUT2D eigenvalue weighted by Gasteiger charge is 2.52. The zero-order valence-corrected chi connectivity index (χ0v) is 19.6. The van der Waals surface area contributed by atoms with E-state index in [1.807, 2.05) is 30.3 Å². The molecule has 2 nitrogen and oxygen atoms in total. The van der Waals surface area contributed by atoms with E-state index in [0.717, 1.165) is 10.8 Å². The van der Waals surface area contributed by atoms with Crippen molar-refractivity contribution in [3.8, 4) is 0 Å². The Morgan fingerprint density at radius 1 is 1.07 bits per heavy atom. The number of hydrogen-bond acceptors (Lipinski definition) is 2. The summed E-state index contributed by atoms with van der Waals surface area (Å²) in [6.45, 7) is 18.4. The Morgan fingerprint density at radius 3 is 2.03 bits per heavy atom. The van der Waals surface area contributed by atoms with Gasteiger partial charge in [-0.3, -0.25) is 4.90 Å². The molecule has 0 aliphatic carbocycles. The predicted octanol–water partition coefficient (Wildman–Crippen LogP) is 6.94. The molecule has 0 saturated carbocycles. The Labute approximate surface area is 175 Å². The molecule has 0 amide bonds. The van der Waals surface area contributed by atoms with Crippen LogP contribution in [0.15, 0.2) is 42.1 Å². The Hall–Kier alpha value is -1.11. The number of alkyl halides is 3. The molecule has 1 aliphatic rings. The Balaban J connectivity index is 2.21. The zero-order valence-electron chi connectivity index (χ0n) is 18.6. The van der Waals surface area contributed by atoms with Crippen LogP contribution >= 0.6 is 0 Å². The van der Waals surface area contributed by atoms with E-state index in [1.54, 1.807) is 0 Å². The summed E-state index contributed by atoms with van der Waals surface area (Å²) in [6, 6.07) is 9.28. The minimum atomic E-state index is -4.41. The summed E-state index contributed by atoms with van der Waals surface area (Å²) in [5.74, 6) is 0. The minimum Gasteiger partial charge on any atom is -0.349 e. The first kappa shape index (κ1) is 24.2. The van der Waals surface area contributed by atoms with Crippen LogP contribution in [0.25, 0.3) is 0 Å². The van der Waals surface area contributed by atoms with Gasteiger partial charge in [-0.15, -0.1) is 6.58 Å². The molecule has 2 atom stereocenters. The third-order valence-electron chi connectivity index (χ3n) is 6.55. The lowest BCUT2D eigenvalue weighted by Crippen LogP contribution is -2.47. The van der Waals surface area contributed by atoms with Gasteiger partial charge in [0, 0.05) is 13.1 Å². The average molecular weight is 428 g/mol. The van der Waals surface area contributed by atoms with E-state index in [4.69, 9.17) is 4.74 Å². The monoisotopic (exact) mass is 427 g/mol. The minimum absolute atomic E-state index is 0.231. The number of rotatable bonds is 8. The molecule has 1 heterocycles. The molecule has 1 aromatic carbocycles. The van der Waals surface area contributed by atoms with Crippen molar-refractivity contribution in [2.75, 3.05) is 6.54 Å². The van der Waals surface area contributed by atoms with Gasteiger partial charge in [0.15, 0.2) is 0 Å². The highest BCUT2D eigenvalue weighted by atomic mass is 28.3. The molecule has 0 unspecified atom stereocenters. The van der Waals surface area contributed by atoms with Gasteiger partial charge in [-0.2, -0.15) is 13.2 Å². The maximum Gasteiger partial charge on any atom is 0.428 e. The molecule has 29 heavy (non-hydrogen) atoms. The fourth-order valence-corrected chi connectivity index (χ4v) is 12.7. The number of nitrogens with zero attached hydrogens (tertiary/aromatic N) is 1. The topological polar surface area (TPSA) is 12.5 Å². The maximum atomic E-state index is 13.7. The highest BCUT2D eigenvalue weighted by Crippen LogP contribution is 2.48. The smallest absolute Gasteiger partial charge is 0.349 e. The summed E-state index contributed by atoms with van der Waals surface area (Å²) >= 11 is 0. The van der Waals surface area contributed by atoms with Gasteiger partial charge in [0.25, 0.3) is 0 Å². The first-order valence-corrected chi connectivity index (χ1v) is 12.8. The van der Waals surface area contributed by atoms with Gasteiger partial charge in [-0.25, -0.2) is 0 Å². The molecule has 1 aliphatic heterocycles. The predicted molar refractivity (Wildman–Crippen MR) is 116 cm³/mol. The summed E-state index contributed by atoms with van der Waals surface area (Å²) in [5, 5.41) is 1.14. The molecule has 0 bridgehead atoms. The van der Waals surface area contributed by atoms with Crippen molar-refractivity contribution in [2.24, 2.45) is 0 Å². The highest BCUT2D eigenvalue weighted by molar-refractivity contribution is 6.89. The lowest BCUT2D eigenvalue weighted by atomic mass is 10.2. The van der Waals surface area contributed by atoms with Crippen molar-refractivity contribution in [1.82, 2.24) is 4.90 Å². The summed E-state index contributed by atoms with van der Waals surface area (Å²) in [6.07, 6.45) is -6.22. The number of benzene rings is 1. The molecule has 0 N–H and O–H groups in total. The third-order valence-corrected chi connectivity index (χ3v) is 13.7. The molecular weight excluding hydrogens is 391 g/mol. The molecule has 6 heteroatoms. The van der Waals surface area contributed by atoms with Crippen LogP contribution in [-0.4, -0.2) is 38.0 Å². The van der Waals surface area contributed by atoms with Gasteiger partial charge in [0.2, 0.25) is 6.23 Å². The summed E-state index contributed by atoms with van der Waals surface area (Å²) in [7, 11) is -1.94. The van der Waals surface area contributed by atoms with Crippen molar-refractivity contribution in [2.45, 2.75) is 89.6 Å². The van der Waals surface area contributed by atoms with E-state index in [9.17, 15) is 13.2 Å². The van der Waals surface area contributed by atoms with E-state index < -0.39 is 26.6 Å². The maximum absolute atomic E-state index is 13.7. The lowest BCUT2D eigenvalue weighted by Gasteiger charge is -2.45. The second kappa shape index (κ2) is 9.35. The van der Waals surface area contributed by atoms with E-state index >= 15 is 0 Å². The standard InChI is InChI=1S/C23H36F3NOSi/c1-16(2)29(17(3)4,18(5)6)19(7)13-21-15-27(22(28-21)23(24,25)26)14-20-11-9-8-10-12-20/h8-12,16-18,21-22H,7,13-15H2,1-6H3/t21-,22-/m1/s1. The molecule has 1 fully saturated rings. The van der Waals surface area contributed by atoms with E-state index in [-0.39, 0.29) is 13.1 Å². The first-order chi connectivity index (χ1) is 13.4. The van der Waals surface area contributed by atoms with Crippen LogP contribution in [0.4, 0.5) is 13.2 Å². The van der Waals surface area contributed by atoms with Crippen molar-refractivity contribution in [3.63, 3.8) is 0 Å². The van der Waals surface area contributed by atoms with Crippen LogP contribution in [0.2, 0.25) is 16.6 Å². The van der Waals surface area contributed by atoms with Crippen LogP contribution in [-0.2, 0) is 11.3 Å². The Bertz CT molecular complexity index is 651. The SMILES string of the molecule is C=C(C[C@@H]1CN(Cc2ccccc2)[C@@H](C(F)(F)F)O1)[Si](C(C)C)(C(C)C)C(C)C. The molecule has 0 radical (unpaired) electrons. The van der Waals surface area contributed by atoms with Crippen molar-refractivity contribution < 1.29 is 17.9 Å². The van der Waals surface area contributed by atoms with Crippen molar-refractivity contribution in [1.29, 1.82) is 0 Å². The van der Waals surface area contributed by atoms with E-state index in [1.165, 1.54) is 4.90 Å².